The van der Waals surface area contributed by atoms with Crippen molar-refractivity contribution in [1.29, 1.82) is 0 Å². The number of fused-ring (bicyclic) bond motifs is 1. The largest absolute Gasteiger partial charge is 0.365 e. The first kappa shape index (κ1) is 16.2. The van der Waals surface area contributed by atoms with Crippen molar-refractivity contribution in [3.8, 4) is 11.8 Å². The number of anilines is 1. The molecule has 1 heterocycles. The molecule has 3 rings (SSSR count). The maximum absolute atomic E-state index is 13.2. The zero-order valence-electron chi connectivity index (χ0n) is 12.7. The highest BCUT2D eigenvalue weighted by Gasteiger charge is 2.06. The minimum atomic E-state index is -0.434. The molecule has 0 amide bonds. The van der Waals surface area contributed by atoms with Crippen LogP contribution in [0.25, 0.3) is 10.9 Å². The van der Waals surface area contributed by atoms with E-state index in [4.69, 9.17) is 17.3 Å². The number of benzene rings is 2. The number of nitrogens with two attached hydrogens (primary N) is 1. The maximum Gasteiger partial charge on any atom is 0.141 e. The van der Waals surface area contributed by atoms with Gasteiger partial charge in [0.2, 0.25) is 0 Å². The molecule has 0 unspecified atom stereocenters. The summed E-state index contributed by atoms with van der Waals surface area (Å²) in [4.78, 5) is 8.53. The standard InChI is InChI=1S/C18H14ClFN4/c19-15-9-13(3-5-16(15)20)10-22-18-14-8-12(2-1-7-21)4-6-17(14)23-11-24-18/h3-6,8-9,11H,7,10,21H2,(H,22,23,24). The summed E-state index contributed by atoms with van der Waals surface area (Å²) in [6.45, 7) is 0.768. The van der Waals surface area contributed by atoms with Crippen LogP contribution < -0.4 is 11.1 Å². The van der Waals surface area contributed by atoms with Crippen molar-refractivity contribution in [2.45, 2.75) is 6.54 Å². The predicted octanol–water partition coefficient (Wildman–Crippen LogP) is 3.34. The minimum absolute atomic E-state index is 0.0983. The van der Waals surface area contributed by atoms with Crippen LogP contribution in [0.1, 0.15) is 11.1 Å². The molecule has 120 valence electrons. The molecule has 1 aromatic heterocycles. The molecular formula is C18H14ClFN4. The number of nitrogens with zero attached hydrogens (tertiary/aromatic N) is 2. The Hall–Kier alpha value is -2.68. The summed E-state index contributed by atoms with van der Waals surface area (Å²) in [6.07, 6.45) is 1.49. The van der Waals surface area contributed by atoms with E-state index in [9.17, 15) is 4.39 Å². The van der Waals surface area contributed by atoms with Gasteiger partial charge in [-0.25, -0.2) is 14.4 Å². The summed E-state index contributed by atoms with van der Waals surface area (Å²) >= 11 is 5.81. The fraction of sp³-hybridized carbons (Fsp3) is 0.111. The highest BCUT2D eigenvalue weighted by molar-refractivity contribution is 6.30. The van der Waals surface area contributed by atoms with Gasteiger partial charge < -0.3 is 11.1 Å². The molecule has 0 spiro atoms. The molecule has 0 aliphatic rings. The van der Waals surface area contributed by atoms with E-state index >= 15 is 0 Å². The molecule has 0 atom stereocenters. The van der Waals surface area contributed by atoms with Crippen molar-refractivity contribution in [3.05, 3.63) is 64.7 Å². The quantitative estimate of drug-likeness (QED) is 0.718. The number of hydrogen-bond acceptors (Lipinski definition) is 4. The smallest absolute Gasteiger partial charge is 0.141 e. The number of rotatable bonds is 3. The second-order valence-corrected chi connectivity index (χ2v) is 5.47. The number of halogens is 2. The van der Waals surface area contributed by atoms with E-state index < -0.39 is 5.82 Å². The first-order chi connectivity index (χ1) is 11.7. The summed E-state index contributed by atoms with van der Waals surface area (Å²) in [5.41, 5.74) is 7.91. The van der Waals surface area contributed by atoms with E-state index in [0.717, 1.165) is 22.0 Å². The lowest BCUT2D eigenvalue weighted by molar-refractivity contribution is 0.627. The lowest BCUT2D eigenvalue weighted by Crippen LogP contribution is -2.03. The Kier molecular flexibility index (Phi) is 4.90. The Morgan fingerprint density at radius 3 is 2.83 bits per heavy atom. The normalized spacial score (nSPS) is 10.3. The highest BCUT2D eigenvalue weighted by Crippen LogP contribution is 2.22. The molecular weight excluding hydrogens is 327 g/mol. The van der Waals surface area contributed by atoms with Gasteiger partial charge in [0.25, 0.3) is 0 Å². The molecule has 24 heavy (non-hydrogen) atoms. The number of aromatic nitrogens is 2. The molecule has 0 radical (unpaired) electrons. The first-order valence-corrected chi connectivity index (χ1v) is 7.66. The Labute approximate surface area is 143 Å². The molecule has 2 aromatic carbocycles. The van der Waals surface area contributed by atoms with Gasteiger partial charge in [0.15, 0.2) is 0 Å². The number of hydrogen-bond donors (Lipinski definition) is 2. The number of nitrogens with one attached hydrogen (secondary N) is 1. The molecule has 6 heteroatoms. The van der Waals surface area contributed by atoms with Gasteiger partial charge in [-0.3, -0.25) is 0 Å². The monoisotopic (exact) mass is 340 g/mol. The molecule has 0 aliphatic carbocycles. The van der Waals surface area contributed by atoms with Crippen LogP contribution in [0.15, 0.2) is 42.7 Å². The third-order valence-electron chi connectivity index (χ3n) is 3.41. The summed E-state index contributed by atoms with van der Waals surface area (Å²) in [5, 5.41) is 4.18. The second-order valence-electron chi connectivity index (χ2n) is 5.06. The van der Waals surface area contributed by atoms with Crippen LogP contribution in [0.4, 0.5) is 10.2 Å². The zero-order chi connectivity index (χ0) is 16.9. The van der Waals surface area contributed by atoms with Gasteiger partial charge in [-0.1, -0.05) is 29.5 Å². The average molecular weight is 341 g/mol. The van der Waals surface area contributed by atoms with Crippen molar-refractivity contribution in [1.82, 2.24) is 9.97 Å². The van der Waals surface area contributed by atoms with E-state index in [1.54, 1.807) is 12.1 Å². The lowest BCUT2D eigenvalue weighted by atomic mass is 10.1. The van der Waals surface area contributed by atoms with E-state index in [2.05, 4.69) is 27.1 Å². The van der Waals surface area contributed by atoms with E-state index in [-0.39, 0.29) is 5.02 Å². The van der Waals surface area contributed by atoms with E-state index in [1.165, 1.54) is 12.4 Å². The summed E-state index contributed by atoms with van der Waals surface area (Å²) in [7, 11) is 0. The minimum Gasteiger partial charge on any atom is -0.365 e. The van der Waals surface area contributed by atoms with Crippen LogP contribution in [0.3, 0.4) is 0 Å². The molecule has 3 N–H and O–H groups in total. The summed E-state index contributed by atoms with van der Waals surface area (Å²) in [5.74, 6) is 6.06. The van der Waals surface area contributed by atoms with E-state index in [0.29, 0.717) is 18.9 Å². The Morgan fingerprint density at radius 1 is 1.17 bits per heavy atom. The molecule has 4 nitrogen and oxygen atoms in total. The topological polar surface area (TPSA) is 63.8 Å². The van der Waals surface area contributed by atoms with Crippen molar-refractivity contribution >= 4 is 28.3 Å². The van der Waals surface area contributed by atoms with Crippen LogP contribution in [0.2, 0.25) is 5.02 Å². The fourth-order valence-electron chi connectivity index (χ4n) is 2.26. The van der Waals surface area contributed by atoms with Crippen LogP contribution in [-0.4, -0.2) is 16.5 Å². The first-order valence-electron chi connectivity index (χ1n) is 7.29. The molecule has 3 aromatic rings. The van der Waals surface area contributed by atoms with Crippen molar-refractivity contribution in [2.24, 2.45) is 5.73 Å². The Balaban J connectivity index is 1.89. The lowest BCUT2D eigenvalue weighted by Gasteiger charge is -2.09. The summed E-state index contributed by atoms with van der Waals surface area (Å²) in [6, 6.07) is 10.3. The van der Waals surface area contributed by atoms with Crippen molar-refractivity contribution in [2.75, 3.05) is 11.9 Å². The average Bonchev–Trinajstić information content (AvgIpc) is 2.60. The third-order valence-corrected chi connectivity index (χ3v) is 3.70. The zero-order valence-corrected chi connectivity index (χ0v) is 13.4. The van der Waals surface area contributed by atoms with Gasteiger partial charge in [0, 0.05) is 17.5 Å². The Bertz CT molecular complexity index is 947. The fourth-order valence-corrected chi connectivity index (χ4v) is 2.47. The molecule has 0 bridgehead atoms. The van der Waals surface area contributed by atoms with Gasteiger partial charge in [0.05, 0.1) is 17.1 Å². The maximum atomic E-state index is 13.2. The second kappa shape index (κ2) is 7.26. The molecule has 0 fully saturated rings. The highest BCUT2D eigenvalue weighted by atomic mass is 35.5. The Morgan fingerprint density at radius 2 is 2.04 bits per heavy atom. The van der Waals surface area contributed by atoms with Gasteiger partial charge in [0.1, 0.15) is 18.0 Å². The van der Waals surface area contributed by atoms with Gasteiger partial charge in [-0.2, -0.15) is 0 Å². The third kappa shape index (κ3) is 3.62. The van der Waals surface area contributed by atoms with Crippen LogP contribution >= 0.6 is 11.6 Å². The van der Waals surface area contributed by atoms with Crippen molar-refractivity contribution in [3.63, 3.8) is 0 Å². The van der Waals surface area contributed by atoms with Crippen LogP contribution in [-0.2, 0) is 6.54 Å². The molecule has 0 aliphatic heterocycles. The van der Waals surface area contributed by atoms with Gasteiger partial charge in [-0.05, 0) is 35.9 Å². The van der Waals surface area contributed by atoms with Gasteiger partial charge >= 0.3 is 0 Å². The molecule has 0 saturated heterocycles. The van der Waals surface area contributed by atoms with Crippen LogP contribution in [0, 0.1) is 17.7 Å². The van der Waals surface area contributed by atoms with Crippen molar-refractivity contribution < 1.29 is 4.39 Å². The van der Waals surface area contributed by atoms with Gasteiger partial charge in [-0.15, -0.1) is 0 Å². The van der Waals surface area contributed by atoms with E-state index in [1.807, 2.05) is 18.2 Å². The molecule has 0 saturated carbocycles. The predicted molar refractivity (Wildman–Crippen MR) is 94.2 cm³/mol. The van der Waals surface area contributed by atoms with Crippen LogP contribution in [0.5, 0.6) is 0 Å². The SMILES string of the molecule is NCC#Cc1ccc2ncnc(NCc3ccc(F)c(Cl)c3)c2c1. The summed E-state index contributed by atoms with van der Waals surface area (Å²) < 4.78 is 13.2.